The van der Waals surface area contributed by atoms with E-state index in [0.29, 0.717) is 11.7 Å². The van der Waals surface area contributed by atoms with Gasteiger partial charge in [-0.05, 0) is 18.8 Å². The zero-order chi connectivity index (χ0) is 11.0. The maximum absolute atomic E-state index is 10.7. The first-order valence-corrected chi connectivity index (χ1v) is 5.29. The van der Waals surface area contributed by atoms with Crippen molar-refractivity contribution >= 4 is 5.97 Å². The van der Waals surface area contributed by atoms with Crippen LogP contribution in [0.4, 0.5) is 0 Å². The quantitative estimate of drug-likeness (QED) is 0.826. The van der Waals surface area contributed by atoms with E-state index in [-0.39, 0.29) is 12.3 Å². The summed E-state index contributed by atoms with van der Waals surface area (Å²) < 4.78 is 5.52. The van der Waals surface area contributed by atoms with Gasteiger partial charge in [0.25, 0.3) is 0 Å². The number of hydrogen-bond acceptors (Lipinski definition) is 3. The van der Waals surface area contributed by atoms with E-state index in [9.17, 15) is 4.79 Å². The smallest absolute Gasteiger partial charge is 0.311 e. The second kappa shape index (κ2) is 3.68. The molecule has 2 rings (SSSR count). The highest BCUT2D eigenvalue weighted by molar-refractivity contribution is 5.69. The summed E-state index contributed by atoms with van der Waals surface area (Å²) in [5.74, 6) is 1.05. The van der Waals surface area contributed by atoms with Crippen molar-refractivity contribution in [1.82, 2.24) is 4.98 Å². The highest BCUT2D eigenvalue weighted by atomic mass is 16.4. The second-order valence-electron chi connectivity index (χ2n) is 4.36. The lowest BCUT2D eigenvalue weighted by atomic mass is 10.1. The van der Waals surface area contributed by atoms with E-state index in [0.717, 1.165) is 24.4 Å². The Labute approximate surface area is 88.3 Å². The third-order valence-corrected chi connectivity index (χ3v) is 2.53. The van der Waals surface area contributed by atoms with Gasteiger partial charge >= 0.3 is 5.97 Å². The summed E-state index contributed by atoms with van der Waals surface area (Å²) in [5, 5.41) is 8.75. The van der Waals surface area contributed by atoms with E-state index < -0.39 is 5.97 Å². The average molecular weight is 209 g/mol. The molecule has 0 unspecified atom stereocenters. The Hall–Kier alpha value is -1.32. The zero-order valence-electron chi connectivity index (χ0n) is 8.99. The molecule has 0 atom stereocenters. The van der Waals surface area contributed by atoms with Crippen molar-refractivity contribution in [3.05, 3.63) is 17.3 Å². The third-order valence-electron chi connectivity index (χ3n) is 2.53. The van der Waals surface area contributed by atoms with E-state index in [1.807, 2.05) is 13.8 Å². The predicted molar refractivity (Wildman–Crippen MR) is 53.9 cm³/mol. The van der Waals surface area contributed by atoms with Crippen molar-refractivity contribution in [1.29, 1.82) is 0 Å². The Morgan fingerprint density at radius 1 is 1.60 bits per heavy atom. The third kappa shape index (κ3) is 2.19. The molecule has 15 heavy (non-hydrogen) atoms. The summed E-state index contributed by atoms with van der Waals surface area (Å²) in [7, 11) is 0. The molecule has 82 valence electrons. The van der Waals surface area contributed by atoms with Crippen LogP contribution in [-0.2, 0) is 11.2 Å². The molecule has 0 radical (unpaired) electrons. The zero-order valence-corrected chi connectivity index (χ0v) is 8.99. The molecule has 1 aliphatic rings. The van der Waals surface area contributed by atoms with E-state index in [4.69, 9.17) is 9.52 Å². The first-order valence-electron chi connectivity index (χ1n) is 5.29. The molecular formula is C11H15NO3. The molecule has 4 heteroatoms. The van der Waals surface area contributed by atoms with Crippen LogP contribution in [0.25, 0.3) is 0 Å². The first-order chi connectivity index (χ1) is 7.08. The van der Waals surface area contributed by atoms with Crippen LogP contribution < -0.4 is 0 Å². The Morgan fingerprint density at radius 2 is 2.27 bits per heavy atom. The van der Waals surface area contributed by atoms with Crippen molar-refractivity contribution in [3.63, 3.8) is 0 Å². The Bertz CT molecular complexity index is 377. The second-order valence-corrected chi connectivity index (χ2v) is 4.36. The largest absolute Gasteiger partial charge is 0.481 e. The summed E-state index contributed by atoms with van der Waals surface area (Å²) in [6, 6.07) is 0. The van der Waals surface area contributed by atoms with E-state index in [2.05, 4.69) is 4.98 Å². The molecular weight excluding hydrogens is 194 g/mol. The van der Waals surface area contributed by atoms with Crippen molar-refractivity contribution in [2.45, 2.75) is 44.9 Å². The molecule has 1 heterocycles. The molecule has 1 aromatic rings. The summed E-state index contributed by atoms with van der Waals surface area (Å²) in [5.41, 5.74) is 0.805. The molecule has 1 aromatic heterocycles. The van der Waals surface area contributed by atoms with Gasteiger partial charge in [0.1, 0.15) is 12.2 Å². The molecule has 0 saturated heterocycles. The normalized spacial score (nSPS) is 15.9. The van der Waals surface area contributed by atoms with E-state index in [1.165, 1.54) is 0 Å². The Morgan fingerprint density at radius 3 is 2.73 bits per heavy atom. The molecule has 0 bridgehead atoms. The van der Waals surface area contributed by atoms with Gasteiger partial charge in [0.05, 0.1) is 5.69 Å². The molecule has 1 aliphatic carbocycles. The van der Waals surface area contributed by atoms with Crippen molar-refractivity contribution < 1.29 is 14.3 Å². The highest BCUT2D eigenvalue weighted by Crippen LogP contribution is 2.40. The Balaban J connectivity index is 2.27. The monoisotopic (exact) mass is 209 g/mol. The maximum atomic E-state index is 10.7. The van der Waals surface area contributed by atoms with Crippen LogP contribution in [0, 0.1) is 0 Å². The summed E-state index contributed by atoms with van der Waals surface area (Å²) in [6.45, 7) is 4.00. The van der Waals surface area contributed by atoms with Gasteiger partial charge in [-0.25, -0.2) is 4.98 Å². The van der Waals surface area contributed by atoms with Crippen LogP contribution in [-0.4, -0.2) is 16.1 Å². The molecule has 0 amide bonds. The number of carboxylic acid groups (broad SMARTS) is 1. The minimum absolute atomic E-state index is 0.0623. The van der Waals surface area contributed by atoms with Crippen molar-refractivity contribution in [2.24, 2.45) is 0 Å². The van der Waals surface area contributed by atoms with Crippen LogP contribution in [0.1, 0.15) is 55.9 Å². The van der Waals surface area contributed by atoms with Crippen molar-refractivity contribution in [3.8, 4) is 0 Å². The molecule has 1 saturated carbocycles. The van der Waals surface area contributed by atoms with Gasteiger partial charge in [-0.1, -0.05) is 13.8 Å². The number of oxazole rings is 1. The topological polar surface area (TPSA) is 63.3 Å². The van der Waals surface area contributed by atoms with Gasteiger partial charge in [0.2, 0.25) is 0 Å². The highest BCUT2D eigenvalue weighted by Gasteiger charge is 2.31. The lowest BCUT2D eigenvalue weighted by molar-refractivity contribution is -0.136. The first kappa shape index (κ1) is 10.2. The fourth-order valence-electron chi connectivity index (χ4n) is 1.60. The van der Waals surface area contributed by atoms with Crippen LogP contribution >= 0.6 is 0 Å². The number of hydrogen-bond donors (Lipinski definition) is 1. The summed E-state index contributed by atoms with van der Waals surface area (Å²) in [4.78, 5) is 15.0. The lowest BCUT2D eigenvalue weighted by Gasteiger charge is -2.00. The van der Waals surface area contributed by atoms with Crippen LogP contribution in [0.5, 0.6) is 0 Å². The molecule has 0 spiro atoms. The minimum Gasteiger partial charge on any atom is -0.481 e. The fourth-order valence-corrected chi connectivity index (χ4v) is 1.60. The van der Waals surface area contributed by atoms with Gasteiger partial charge < -0.3 is 9.52 Å². The van der Waals surface area contributed by atoms with Crippen molar-refractivity contribution in [2.75, 3.05) is 0 Å². The molecule has 1 N–H and O–H groups in total. The lowest BCUT2D eigenvalue weighted by Crippen LogP contribution is -2.02. The predicted octanol–water partition coefficient (Wildman–Crippen LogP) is 2.30. The van der Waals surface area contributed by atoms with Gasteiger partial charge in [-0.15, -0.1) is 0 Å². The van der Waals surface area contributed by atoms with Crippen LogP contribution in [0.2, 0.25) is 0 Å². The number of carbonyl (C=O) groups is 1. The number of rotatable bonds is 4. The molecule has 1 fully saturated rings. The SMILES string of the molecule is CC(C)c1nc(C2CC2)oc1CC(=O)O. The number of carboxylic acids is 1. The average Bonchev–Trinajstić information content (AvgIpc) is 2.88. The minimum atomic E-state index is -0.865. The molecule has 0 aromatic carbocycles. The van der Waals surface area contributed by atoms with E-state index in [1.54, 1.807) is 0 Å². The number of nitrogens with zero attached hydrogens (tertiary/aromatic N) is 1. The van der Waals surface area contributed by atoms with Gasteiger partial charge in [0.15, 0.2) is 5.89 Å². The van der Waals surface area contributed by atoms with Crippen LogP contribution in [0.3, 0.4) is 0 Å². The van der Waals surface area contributed by atoms with E-state index >= 15 is 0 Å². The molecule has 0 aliphatic heterocycles. The number of aliphatic carboxylic acids is 1. The summed E-state index contributed by atoms with van der Waals surface area (Å²) >= 11 is 0. The fraction of sp³-hybridized carbons (Fsp3) is 0.636. The maximum Gasteiger partial charge on any atom is 0.311 e. The standard InChI is InChI=1S/C11H15NO3/c1-6(2)10-8(5-9(13)14)15-11(12-10)7-3-4-7/h6-7H,3-5H2,1-2H3,(H,13,14). The Kier molecular flexibility index (Phi) is 2.50. The summed E-state index contributed by atoms with van der Waals surface area (Å²) in [6.07, 6.45) is 2.17. The van der Waals surface area contributed by atoms with Crippen LogP contribution in [0.15, 0.2) is 4.42 Å². The number of aromatic nitrogens is 1. The van der Waals surface area contributed by atoms with Gasteiger partial charge in [-0.2, -0.15) is 0 Å². The van der Waals surface area contributed by atoms with Gasteiger partial charge in [0, 0.05) is 5.92 Å². The van der Waals surface area contributed by atoms with Gasteiger partial charge in [-0.3, -0.25) is 4.79 Å². The molecule has 4 nitrogen and oxygen atoms in total.